The Hall–Kier alpha value is -3.40. The van der Waals surface area contributed by atoms with Gasteiger partial charge >= 0.3 is 19.9 Å². The first-order valence-corrected chi connectivity index (χ1v) is 18.3. The molecule has 2 aliphatic heterocycles. The lowest BCUT2D eigenvalue weighted by molar-refractivity contribution is -0.0400. The molecule has 1 saturated heterocycles. The molecule has 1 N–H and O–H groups in total. The Morgan fingerprint density at radius 1 is 0.980 bits per heavy atom. The van der Waals surface area contributed by atoms with Crippen LogP contribution in [0.2, 0.25) is 5.28 Å². The number of ether oxygens (including phenoxy) is 6. The average Bonchev–Trinajstić information content (AvgIpc) is 3.38. The van der Waals surface area contributed by atoms with Gasteiger partial charge in [0.05, 0.1) is 36.7 Å². The molecule has 0 saturated carbocycles. The van der Waals surface area contributed by atoms with Crippen molar-refractivity contribution in [2.45, 2.75) is 90.8 Å². The third-order valence-electron chi connectivity index (χ3n) is 7.30. The Labute approximate surface area is 295 Å². The predicted octanol–water partition coefficient (Wildman–Crippen LogP) is 7.32. The zero-order chi connectivity index (χ0) is 36.1. The molecule has 276 valence electrons. The van der Waals surface area contributed by atoms with E-state index in [1.54, 1.807) is 39.8 Å². The van der Waals surface area contributed by atoms with Crippen LogP contribution in [0, 0.1) is 11.7 Å². The molecule has 0 radical (unpaired) electrons. The van der Waals surface area contributed by atoms with Crippen molar-refractivity contribution in [3.63, 3.8) is 0 Å². The van der Waals surface area contributed by atoms with Gasteiger partial charge in [0.15, 0.2) is 5.82 Å². The van der Waals surface area contributed by atoms with Crippen molar-refractivity contribution in [2.24, 2.45) is 10.9 Å². The number of rotatable bonds is 17. The Balaban J connectivity index is 1.25. The number of anilines is 1. The summed E-state index contributed by atoms with van der Waals surface area (Å²) in [5.74, 6) is 0.298. The number of nitrogens with one attached hydrogen (secondary N) is 1. The average molecular weight is 745 g/mol. The van der Waals surface area contributed by atoms with Crippen LogP contribution < -0.4 is 5.32 Å². The van der Waals surface area contributed by atoms with Crippen molar-refractivity contribution < 1.29 is 56.0 Å². The zero-order valence-electron chi connectivity index (χ0n) is 28.4. The molecule has 3 atom stereocenters. The first kappa shape index (κ1) is 39.4. The minimum Gasteiger partial charge on any atom is -0.432 e. The summed E-state index contributed by atoms with van der Waals surface area (Å²) in [4.78, 5) is 36.8. The third kappa shape index (κ3) is 13.4. The van der Waals surface area contributed by atoms with Crippen molar-refractivity contribution in [3.8, 4) is 0 Å². The Morgan fingerprint density at radius 3 is 2.26 bits per heavy atom. The lowest BCUT2D eigenvalue weighted by Gasteiger charge is -2.20. The van der Waals surface area contributed by atoms with Crippen LogP contribution in [0.15, 0.2) is 29.3 Å². The molecule has 15 nitrogen and oxygen atoms in total. The zero-order valence-corrected chi connectivity index (χ0v) is 30.0. The van der Waals surface area contributed by atoms with Crippen LogP contribution in [0.25, 0.3) is 0 Å². The number of nitrogens with zero attached hydrogens (tertiary/aromatic N) is 3. The molecule has 4 rings (SSSR count). The summed E-state index contributed by atoms with van der Waals surface area (Å²) in [6, 6.07) is 6.18. The van der Waals surface area contributed by atoms with E-state index in [9.17, 15) is 18.5 Å². The van der Waals surface area contributed by atoms with Crippen LogP contribution in [-0.2, 0) is 55.0 Å². The van der Waals surface area contributed by atoms with Crippen LogP contribution in [-0.4, -0.2) is 79.4 Å². The molecule has 2 aliphatic rings. The molecule has 0 bridgehead atoms. The minimum absolute atomic E-state index is 0.0629. The smallest absolute Gasteiger partial charge is 0.432 e. The number of carbonyl (C=O) groups is 2. The van der Waals surface area contributed by atoms with Gasteiger partial charge in [-0.25, -0.2) is 19.0 Å². The van der Waals surface area contributed by atoms with E-state index in [2.05, 4.69) is 15.3 Å². The van der Waals surface area contributed by atoms with Crippen LogP contribution in [0.1, 0.15) is 64.6 Å². The lowest BCUT2D eigenvalue weighted by Crippen LogP contribution is -2.21. The van der Waals surface area contributed by atoms with Gasteiger partial charge in [-0.15, -0.1) is 0 Å². The molecule has 1 aromatic carbocycles. The van der Waals surface area contributed by atoms with Crippen LogP contribution >= 0.6 is 19.2 Å². The standard InChI is InChI=1S/C32H43ClFN4O11P/c1-20(2)47-31(39)43-17-45-50(41,46-18-44-32(40)48-21(3)4)19-42-16-26-11-10-25(49-26)13-23-7-12-27-28(35-15-23)29(38-30(33)37-27)36-14-22-5-8-24(34)9-6-22/h5-6,8-9,15,20-21,23,25-26H,7,10-14,16-19H2,1-4H3,(H,36,37,38)/t23?,25?,26-/m0/s1. The fourth-order valence-corrected chi connectivity index (χ4v) is 6.20. The number of benzene rings is 1. The molecule has 0 aliphatic carbocycles. The number of aryl methyl sites for hydroxylation is 1. The minimum atomic E-state index is -4.07. The summed E-state index contributed by atoms with van der Waals surface area (Å²) in [5, 5.41) is 3.36. The van der Waals surface area contributed by atoms with Crippen molar-refractivity contribution in [3.05, 3.63) is 46.6 Å². The second kappa shape index (κ2) is 19.3. The number of carbonyl (C=O) groups excluding carboxylic acids is 2. The quantitative estimate of drug-likeness (QED) is 0.0738. The maximum atomic E-state index is 13.3. The van der Waals surface area contributed by atoms with Crippen LogP contribution in [0.4, 0.5) is 25.5 Å². The van der Waals surface area contributed by atoms with E-state index in [1.165, 1.54) is 12.1 Å². The number of halogens is 2. The van der Waals surface area contributed by atoms with Crippen LogP contribution in [0.5, 0.6) is 0 Å². The van der Waals surface area contributed by atoms with Gasteiger partial charge in [0.25, 0.3) is 0 Å². The molecule has 18 heteroatoms. The summed E-state index contributed by atoms with van der Waals surface area (Å²) in [5.41, 5.74) is 2.23. The van der Waals surface area contributed by atoms with E-state index in [4.69, 9.17) is 54.1 Å². The van der Waals surface area contributed by atoms with Crippen molar-refractivity contribution in [1.29, 1.82) is 0 Å². The van der Waals surface area contributed by atoms with Gasteiger partial charge in [0.1, 0.15) is 17.9 Å². The fraction of sp³-hybridized carbons (Fsp3) is 0.594. The molecule has 2 unspecified atom stereocenters. The van der Waals surface area contributed by atoms with Crippen LogP contribution in [0.3, 0.4) is 0 Å². The normalized spacial score (nSPS) is 18.8. The maximum absolute atomic E-state index is 13.3. The summed E-state index contributed by atoms with van der Waals surface area (Å²) in [6.07, 6.45) is 1.73. The molecule has 50 heavy (non-hydrogen) atoms. The predicted molar refractivity (Wildman–Crippen MR) is 179 cm³/mol. The third-order valence-corrected chi connectivity index (χ3v) is 8.96. The van der Waals surface area contributed by atoms with E-state index in [0.29, 0.717) is 37.3 Å². The van der Waals surface area contributed by atoms with Gasteiger partial charge < -0.3 is 33.7 Å². The van der Waals surface area contributed by atoms with Crippen molar-refractivity contribution in [2.75, 3.05) is 31.9 Å². The van der Waals surface area contributed by atoms with Gasteiger partial charge in [-0.1, -0.05) is 12.1 Å². The molecule has 1 fully saturated rings. The van der Waals surface area contributed by atoms with Gasteiger partial charge in [-0.3, -0.25) is 18.6 Å². The molecular formula is C32H43ClFN4O11P. The summed E-state index contributed by atoms with van der Waals surface area (Å²) in [7, 11) is -4.07. The molecule has 3 heterocycles. The van der Waals surface area contributed by atoms with E-state index in [-0.39, 0.29) is 35.8 Å². The molecule has 2 aromatic rings. The first-order valence-electron chi connectivity index (χ1n) is 16.2. The first-order chi connectivity index (χ1) is 23.9. The second-order valence-corrected chi connectivity index (χ2v) is 14.4. The summed E-state index contributed by atoms with van der Waals surface area (Å²) >= 11 is 6.23. The Morgan fingerprint density at radius 2 is 1.62 bits per heavy atom. The second-order valence-electron chi connectivity index (χ2n) is 12.1. The molecule has 0 spiro atoms. The van der Waals surface area contributed by atoms with Gasteiger partial charge in [-0.2, -0.15) is 4.98 Å². The number of fused-ring (bicyclic) bond motifs is 1. The number of aromatic nitrogens is 2. The fourth-order valence-electron chi connectivity index (χ4n) is 5.03. The van der Waals surface area contributed by atoms with E-state index in [0.717, 1.165) is 24.1 Å². The highest BCUT2D eigenvalue weighted by Crippen LogP contribution is 2.48. The number of hydrogen-bond acceptors (Lipinski definition) is 15. The largest absolute Gasteiger partial charge is 0.510 e. The van der Waals surface area contributed by atoms with Gasteiger partial charge in [0.2, 0.25) is 18.9 Å². The van der Waals surface area contributed by atoms with E-state index < -0.39 is 52.0 Å². The Kier molecular flexibility index (Phi) is 15.2. The number of hydrogen-bond donors (Lipinski definition) is 1. The highest BCUT2D eigenvalue weighted by Gasteiger charge is 2.32. The SMILES string of the molecule is CC(C)OC(=O)OCOP(=O)(COC[C@@H]1CCC(CC2C=Nc3c(nc(Cl)nc3NCc3ccc(F)cc3)CC2)O1)OCOC(=O)OC(C)C. The van der Waals surface area contributed by atoms with Crippen molar-refractivity contribution >= 4 is 49.2 Å². The van der Waals surface area contributed by atoms with Crippen molar-refractivity contribution in [1.82, 2.24) is 9.97 Å². The van der Waals surface area contributed by atoms with Gasteiger partial charge in [-0.05, 0) is 95.0 Å². The number of aliphatic imine (C=N–C) groups is 1. The molecule has 1 aromatic heterocycles. The highest BCUT2D eigenvalue weighted by molar-refractivity contribution is 7.53. The maximum Gasteiger partial charge on any atom is 0.510 e. The Bertz CT molecular complexity index is 1470. The van der Waals surface area contributed by atoms with E-state index >= 15 is 0 Å². The van der Waals surface area contributed by atoms with E-state index in [1.807, 2.05) is 6.21 Å². The summed E-state index contributed by atoms with van der Waals surface area (Å²) < 4.78 is 68.1. The monoisotopic (exact) mass is 744 g/mol. The summed E-state index contributed by atoms with van der Waals surface area (Å²) in [6.45, 7) is 5.53. The highest BCUT2D eigenvalue weighted by atomic mass is 35.5. The topological polar surface area (TPSA) is 175 Å². The molecule has 0 amide bonds. The van der Waals surface area contributed by atoms with Gasteiger partial charge in [0, 0.05) is 12.8 Å². The molecular weight excluding hydrogens is 702 g/mol. The lowest BCUT2D eigenvalue weighted by atomic mass is 9.96.